The molecular formula is C14H23N3. The van der Waals surface area contributed by atoms with E-state index in [0.717, 1.165) is 25.4 Å². The van der Waals surface area contributed by atoms with Crippen LogP contribution in [0.5, 0.6) is 0 Å². The average molecular weight is 233 g/mol. The number of aromatic nitrogens is 2. The SMILES string of the molecule is CCCc1cn2c(n1)C(CC1CC1)NCCC2. The fraction of sp³-hybridized carbons (Fsp3) is 0.786. The lowest BCUT2D eigenvalue weighted by Crippen LogP contribution is -2.22. The number of hydrogen-bond donors (Lipinski definition) is 1. The molecule has 1 unspecified atom stereocenters. The van der Waals surface area contributed by atoms with E-state index in [1.165, 1.54) is 43.6 Å². The second kappa shape index (κ2) is 4.81. The van der Waals surface area contributed by atoms with E-state index in [4.69, 9.17) is 4.98 Å². The highest BCUT2D eigenvalue weighted by molar-refractivity contribution is 5.10. The third-order valence-corrected chi connectivity index (χ3v) is 3.91. The average Bonchev–Trinajstić information content (AvgIpc) is 3.07. The van der Waals surface area contributed by atoms with Gasteiger partial charge in [0.05, 0.1) is 11.7 Å². The van der Waals surface area contributed by atoms with Crippen molar-refractivity contribution in [1.29, 1.82) is 0 Å². The third-order valence-electron chi connectivity index (χ3n) is 3.91. The van der Waals surface area contributed by atoms with Gasteiger partial charge in [0.2, 0.25) is 0 Å². The van der Waals surface area contributed by atoms with Crippen molar-refractivity contribution in [2.24, 2.45) is 5.92 Å². The standard InChI is InChI=1S/C14H23N3/c1-2-4-12-10-17-8-3-7-15-13(14(17)16-12)9-11-5-6-11/h10-11,13,15H,2-9H2,1H3. The molecule has 2 aliphatic rings. The molecule has 0 aromatic carbocycles. The molecule has 0 amide bonds. The molecule has 0 bridgehead atoms. The summed E-state index contributed by atoms with van der Waals surface area (Å²) in [4.78, 5) is 4.86. The van der Waals surface area contributed by atoms with Crippen molar-refractivity contribution < 1.29 is 0 Å². The first-order chi connectivity index (χ1) is 8.36. The summed E-state index contributed by atoms with van der Waals surface area (Å²) in [5.41, 5.74) is 1.28. The van der Waals surface area contributed by atoms with Gasteiger partial charge < -0.3 is 9.88 Å². The summed E-state index contributed by atoms with van der Waals surface area (Å²) in [6, 6.07) is 0.510. The van der Waals surface area contributed by atoms with Crippen molar-refractivity contribution >= 4 is 0 Å². The number of fused-ring (bicyclic) bond motifs is 1. The van der Waals surface area contributed by atoms with E-state index in [2.05, 4.69) is 23.0 Å². The van der Waals surface area contributed by atoms with Crippen molar-refractivity contribution in [3.05, 3.63) is 17.7 Å². The number of hydrogen-bond acceptors (Lipinski definition) is 2. The number of rotatable bonds is 4. The minimum Gasteiger partial charge on any atom is -0.333 e. The van der Waals surface area contributed by atoms with Gasteiger partial charge in [-0.25, -0.2) is 4.98 Å². The van der Waals surface area contributed by atoms with Crippen molar-refractivity contribution in [3.63, 3.8) is 0 Å². The molecule has 1 aliphatic heterocycles. The quantitative estimate of drug-likeness (QED) is 0.866. The maximum absolute atomic E-state index is 4.86. The predicted molar refractivity (Wildman–Crippen MR) is 68.9 cm³/mol. The second-order valence-electron chi connectivity index (χ2n) is 5.57. The molecule has 17 heavy (non-hydrogen) atoms. The summed E-state index contributed by atoms with van der Waals surface area (Å²) in [7, 11) is 0. The molecule has 1 fully saturated rings. The molecule has 1 aromatic rings. The first-order valence-corrected chi connectivity index (χ1v) is 7.16. The molecule has 1 saturated carbocycles. The Bertz CT molecular complexity index is 379. The Labute approximate surface area is 104 Å². The number of aryl methyl sites for hydroxylation is 2. The number of nitrogens with one attached hydrogen (secondary N) is 1. The predicted octanol–water partition coefficient (Wildman–Crippen LogP) is 2.67. The minimum atomic E-state index is 0.510. The van der Waals surface area contributed by atoms with Crippen molar-refractivity contribution in [3.8, 4) is 0 Å². The maximum atomic E-state index is 4.86. The monoisotopic (exact) mass is 233 g/mol. The third kappa shape index (κ3) is 2.54. The van der Waals surface area contributed by atoms with Gasteiger partial charge in [-0.1, -0.05) is 26.2 Å². The second-order valence-corrected chi connectivity index (χ2v) is 5.57. The number of nitrogens with zero attached hydrogens (tertiary/aromatic N) is 2. The van der Waals surface area contributed by atoms with E-state index in [0.29, 0.717) is 6.04 Å². The van der Waals surface area contributed by atoms with E-state index in [1.54, 1.807) is 0 Å². The van der Waals surface area contributed by atoms with Gasteiger partial charge in [0.25, 0.3) is 0 Å². The fourth-order valence-corrected chi connectivity index (χ4v) is 2.81. The van der Waals surface area contributed by atoms with Gasteiger partial charge in [0.1, 0.15) is 5.82 Å². The summed E-state index contributed by atoms with van der Waals surface area (Å²) >= 11 is 0. The van der Waals surface area contributed by atoms with Crippen LogP contribution in [0.15, 0.2) is 6.20 Å². The minimum absolute atomic E-state index is 0.510. The molecule has 3 nitrogen and oxygen atoms in total. The zero-order valence-corrected chi connectivity index (χ0v) is 10.8. The van der Waals surface area contributed by atoms with Gasteiger partial charge in [0, 0.05) is 12.7 Å². The molecule has 0 spiro atoms. The highest BCUT2D eigenvalue weighted by Crippen LogP contribution is 2.37. The van der Waals surface area contributed by atoms with Crippen LogP contribution in [0.1, 0.15) is 56.6 Å². The Hall–Kier alpha value is -0.830. The summed E-state index contributed by atoms with van der Waals surface area (Å²) in [5, 5.41) is 3.68. The summed E-state index contributed by atoms with van der Waals surface area (Å²) in [5.74, 6) is 2.27. The van der Waals surface area contributed by atoms with Crippen LogP contribution >= 0.6 is 0 Å². The molecular weight excluding hydrogens is 210 g/mol. The molecule has 94 valence electrons. The Morgan fingerprint density at radius 2 is 2.35 bits per heavy atom. The summed E-state index contributed by atoms with van der Waals surface area (Å²) in [6.45, 7) is 4.51. The lowest BCUT2D eigenvalue weighted by molar-refractivity contribution is 0.467. The molecule has 1 atom stereocenters. The van der Waals surface area contributed by atoms with E-state index >= 15 is 0 Å². The highest BCUT2D eigenvalue weighted by Gasteiger charge is 2.29. The molecule has 2 heterocycles. The first-order valence-electron chi connectivity index (χ1n) is 7.16. The lowest BCUT2D eigenvalue weighted by Gasteiger charge is -2.15. The van der Waals surface area contributed by atoms with E-state index in [9.17, 15) is 0 Å². The Morgan fingerprint density at radius 1 is 1.47 bits per heavy atom. The van der Waals surface area contributed by atoms with Crippen molar-refractivity contribution in [2.45, 2.75) is 58.0 Å². The molecule has 1 aromatic heterocycles. The van der Waals surface area contributed by atoms with Gasteiger partial charge in [-0.15, -0.1) is 0 Å². The van der Waals surface area contributed by atoms with Crippen molar-refractivity contribution in [2.75, 3.05) is 6.54 Å². The van der Waals surface area contributed by atoms with Gasteiger partial charge >= 0.3 is 0 Å². The largest absolute Gasteiger partial charge is 0.333 e. The van der Waals surface area contributed by atoms with Gasteiger partial charge in [0.15, 0.2) is 0 Å². The van der Waals surface area contributed by atoms with Crippen LogP contribution in [0, 0.1) is 5.92 Å². The summed E-state index contributed by atoms with van der Waals surface area (Å²) in [6.07, 6.45) is 9.99. The van der Waals surface area contributed by atoms with E-state index in [1.807, 2.05) is 0 Å². The highest BCUT2D eigenvalue weighted by atomic mass is 15.1. The zero-order valence-electron chi connectivity index (χ0n) is 10.8. The number of imidazole rings is 1. The Balaban J connectivity index is 1.81. The van der Waals surface area contributed by atoms with Crippen LogP contribution in [0.25, 0.3) is 0 Å². The van der Waals surface area contributed by atoms with Gasteiger partial charge in [-0.05, 0) is 31.7 Å². The fourth-order valence-electron chi connectivity index (χ4n) is 2.81. The van der Waals surface area contributed by atoms with Gasteiger partial charge in [-0.2, -0.15) is 0 Å². The van der Waals surface area contributed by atoms with Crippen molar-refractivity contribution in [1.82, 2.24) is 14.9 Å². The smallest absolute Gasteiger partial charge is 0.126 e. The molecule has 0 radical (unpaired) electrons. The van der Waals surface area contributed by atoms with Crippen LogP contribution in [0.3, 0.4) is 0 Å². The molecule has 1 aliphatic carbocycles. The first kappa shape index (κ1) is 11.3. The molecule has 1 N–H and O–H groups in total. The normalized spacial score (nSPS) is 24.4. The topological polar surface area (TPSA) is 29.9 Å². The molecule has 3 heteroatoms. The van der Waals surface area contributed by atoms with Crippen LogP contribution in [0.4, 0.5) is 0 Å². The van der Waals surface area contributed by atoms with E-state index in [-0.39, 0.29) is 0 Å². The lowest BCUT2D eigenvalue weighted by atomic mass is 10.1. The van der Waals surface area contributed by atoms with Crippen LogP contribution in [-0.4, -0.2) is 16.1 Å². The maximum Gasteiger partial charge on any atom is 0.126 e. The zero-order chi connectivity index (χ0) is 11.7. The van der Waals surface area contributed by atoms with Crippen LogP contribution < -0.4 is 5.32 Å². The van der Waals surface area contributed by atoms with Gasteiger partial charge in [-0.3, -0.25) is 0 Å². The van der Waals surface area contributed by atoms with E-state index < -0.39 is 0 Å². The Kier molecular flexibility index (Phi) is 3.19. The summed E-state index contributed by atoms with van der Waals surface area (Å²) < 4.78 is 2.40. The van der Waals surface area contributed by atoms with Crippen LogP contribution in [0.2, 0.25) is 0 Å². The molecule has 0 saturated heterocycles. The Morgan fingerprint density at radius 3 is 3.12 bits per heavy atom. The molecule has 3 rings (SSSR count). The van der Waals surface area contributed by atoms with Crippen LogP contribution in [-0.2, 0) is 13.0 Å².